The Labute approximate surface area is 63.6 Å². The maximum atomic E-state index is 12.3. The standard InChI is InChI=1S/C8H5FN2/c9-7(6-10)5-8-3-1-2-4-11-8/h1-5H/b7-5-. The Morgan fingerprint density at radius 3 is 3.00 bits per heavy atom. The van der Waals surface area contributed by atoms with Crippen LogP contribution < -0.4 is 0 Å². The third kappa shape index (κ3) is 2.18. The number of hydrogen-bond donors (Lipinski definition) is 0. The topological polar surface area (TPSA) is 36.7 Å². The molecule has 0 unspecified atom stereocenters. The number of rotatable bonds is 1. The number of nitrogens with zero attached hydrogens (tertiary/aromatic N) is 2. The largest absolute Gasteiger partial charge is 0.257 e. The molecule has 0 fully saturated rings. The first-order valence-electron chi connectivity index (χ1n) is 3.01. The Kier molecular flexibility index (Phi) is 2.34. The molecule has 0 radical (unpaired) electrons. The molecule has 0 atom stereocenters. The van der Waals surface area contributed by atoms with Crippen molar-refractivity contribution in [1.82, 2.24) is 4.98 Å². The van der Waals surface area contributed by atoms with Crippen molar-refractivity contribution < 1.29 is 4.39 Å². The summed E-state index contributed by atoms with van der Waals surface area (Å²) in [7, 11) is 0. The molecule has 54 valence electrons. The molecule has 0 aliphatic rings. The monoisotopic (exact) mass is 148 g/mol. The maximum Gasteiger partial charge on any atom is 0.202 e. The lowest BCUT2D eigenvalue weighted by molar-refractivity contribution is 0.679. The van der Waals surface area contributed by atoms with Gasteiger partial charge in [0.1, 0.15) is 6.07 Å². The summed E-state index contributed by atoms with van der Waals surface area (Å²) in [6, 6.07) is 6.44. The van der Waals surface area contributed by atoms with E-state index in [9.17, 15) is 4.39 Å². The first-order valence-corrected chi connectivity index (χ1v) is 3.01. The van der Waals surface area contributed by atoms with Crippen molar-refractivity contribution in [3.63, 3.8) is 0 Å². The molecule has 0 spiro atoms. The number of allylic oxidation sites excluding steroid dienone is 1. The fourth-order valence-electron chi connectivity index (χ4n) is 0.623. The van der Waals surface area contributed by atoms with Crippen molar-refractivity contribution >= 4 is 6.08 Å². The van der Waals surface area contributed by atoms with Crippen LogP contribution in [-0.2, 0) is 0 Å². The van der Waals surface area contributed by atoms with E-state index in [0.717, 1.165) is 6.08 Å². The summed E-state index contributed by atoms with van der Waals surface area (Å²) < 4.78 is 12.3. The van der Waals surface area contributed by atoms with Crippen LogP contribution in [0.1, 0.15) is 5.69 Å². The van der Waals surface area contributed by atoms with Crippen molar-refractivity contribution in [3.05, 3.63) is 35.9 Å². The molecule has 3 heteroatoms. The lowest BCUT2D eigenvalue weighted by Gasteiger charge is -1.87. The summed E-state index contributed by atoms with van der Waals surface area (Å²) in [5.41, 5.74) is 0.451. The Morgan fingerprint density at radius 1 is 1.64 bits per heavy atom. The number of halogens is 1. The first-order chi connectivity index (χ1) is 5.33. The number of pyridine rings is 1. The van der Waals surface area contributed by atoms with Crippen LogP contribution in [-0.4, -0.2) is 4.98 Å². The Bertz CT molecular complexity index is 298. The molecule has 0 saturated carbocycles. The van der Waals surface area contributed by atoms with Crippen LogP contribution in [0.2, 0.25) is 0 Å². The molecule has 11 heavy (non-hydrogen) atoms. The van der Waals surface area contributed by atoms with Crippen molar-refractivity contribution in [2.24, 2.45) is 0 Å². The van der Waals surface area contributed by atoms with Gasteiger partial charge in [-0.05, 0) is 12.1 Å². The smallest absolute Gasteiger partial charge is 0.202 e. The second-order valence-corrected chi connectivity index (χ2v) is 1.86. The molecule has 0 aromatic carbocycles. The Hall–Kier alpha value is -1.69. The van der Waals surface area contributed by atoms with Gasteiger partial charge in [0.05, 0.1) is 5.69 Å². The summed E-state index contributed by atoms with van der Waals surface area (Å²) in [6.07, 6.45) is 2.62. The van der Waals surface area contributed by atoms with Crippen molar-refractivity contribution in [3.8, 4) is 6.07 Å². The Morgan fingerprint density at radius 2 is 2.45 bits per heavy atom. The summed E-state index contributed by atoms with van der Waals surface area (Å²) in [5, 5.41) is 8.08. The third-order valence-corrected chi connectivity index (χ3v) is 1.07. The molecule has 1 rings (SSSR count). The molecule has 0 aliphatic carbocycles. The third-order valence-electron chi connectivity index (χ3n) is 1.07. The molecule has 1 aromatic rings. The Balaban J connectivity index is 2.90. The second-order valence-electron chi connectivity index (χ2n) is 1.86. The quantitative estimate of drug-likeness (QED) is 0.570. The SMILES string of the molecule is N#C/C(F)=C/c1ccccn1. The van der Waals surface area contributed by atoms with E-state index < -0.39 is 5.83 Å². The van der Waals surface area contributed by atoms with Crippen molar-refractivity contribution in [2.45, 2.75) is 0 Å². The minimum atomic E-state index is -0.830. The highest BCUT2D eigenvalue weighted by atomic mass is 19.1. The molecule has 0 N–H and O–H groups in total. The molecule has 1 aromatic heterocycles. The van der Waals surface area contributed by atoms with Crippen LogP contribution in [0.15, 0.2) is 30.2 Å². The number of nitriles is 1. The van der Waals surface area contributed by atoms with Gasteiger partial charge >= 0.3 is 0 Å². The van der Waals surface area contributed by atoms with Gasteiger partial charge in [-0.3, -0.25) is 4.98 Å². The minimum absolute atomic E-state index is 0.451. The van der Waals surface area contributed by atoms with Crippen LogP contribution >= 0.6 is 0 Å². The normalized spacial score (nSPS) is 10.7. The minimum Gasteiger partial charge on any atom is -0.257 e. The van der Waals surface area contributed by atoms with Crippen LogP contribution in [0.3, 0.4) is 0 Å². The summed E-state index contributed by atoms with van der Waals surface area (Å²) in [6.45, 7) is 0. The molecule has 0 amide bonds. The molecule has 0 aliphatic heterocycles. The second kappa shape index (κ2) is 3.47. The van der Waals surface area contributed by atoms with E-state index in [1.807, 2.05) is 0 Å². The highest BCUT2D eigenvalue weighted by molar-refractivity contribution is 5.50. The average molecular weight is 148 g/mol. The zero-order valence-electron chi connectivity index (χ0n) is 5.66. The number of aromatic nitrogens is 1. The van der Waals surface area contributed by atoms with E-state index in [4.69, 9.17) is 5.26 Å². The van der Waals surface area contributed by atoms with Crippen LogP contribution in [0.25, 0.3) is 6.08 Å². The molecule has 0 saturated heterocycles. The highest BCUT2D eigenvalue weighted by Gasteiger charge is 1.91. The van der Waals surface area contributed by atoms with Gasteiger partial charge in [-0.25, -0.2) is 0 Å². The molecule has 2 nitrogen and oxygen atoms in total. The lowest BCUT2D eigenvalue weighted by Crippen LogP contribution is -1.77. The van der Waals surface area contributed by atoms with E-state index >= 15 is 0 Å². The van der Waals surface area contributed by atoms with Gasteiger partial charge in [0, 0.05) is 12.3 Å². The average Bonchev–Trinajstić information content (AvgIpc) is 2.06. The van der Waals surface area contributed by atoms with E-state index in [1.54, 1.807) is 18.2 Å². The van der Waals surface area contributed by atoms with Crippen LogP contribution in [0.4, 0.5) is 4.39 Å². The lowest BCUT2D eigenvalue weighted by atomic mass is 10.3. The van der Waals surface area contributed by atoms with Crippen LogP contribution in [0, 0.1) is 11.3 Å². The first kappa shape index (κ1) is 7.42. The van der Waals surface area contributed by atoms with Gasteiger partial charge in [-0.2, -0.15) is 9.65 Å². The van der Waals surface area contributed by atoms with Gasteiger partial charge in [0.15, 0.2) is 0 Å². The van der Waals surface area contributed by atoms with Gasteiger partial charge in [-0.15, -0.1) is 0 Å². The van der Waals surface area contributed by atoms with E-state index in [-0.39, 0.29) is 0 Å². The van der Waals surface area contributed by atoms with E-state index in [0.29, 0.717) is 5.69 Å². The van der Waals surface area contributed by atoms with Crippen molar-refractivity contribution in [2.75, 3.05) is 0 Å². The number of hydrogen-bond acceptors (Lipinski definition) is 2. The molecule has 1 heterocycles. The fraction of sp³-hybridized carbons (Fsp3) is 0. The zero-order chi connectivity index (χ0) is 8.10. The highest BCUT2D eigenvalue weighted by Crippen LogP contribution is 2.02. The molecular weight excluding hydrogens is 143 g/mol. The summed E-state index contributed by atoms with van der Waals surface area (Å²) >= 11 is 0. The maximum absolute atomic E-state index is 12.3. The predicted molar refractivity (Wildman–Crippen MR) is 38.9 cm³/mol. The van der Waals surface area contributed by atoms with Gasteiger partial charge in [0.25, 0.3) is 0 Å². The van der Waals surface area contributed by atoms with E-state index in [2.05, 4.69) is 4.98 Å². The van der Waals surface area contributed by atoms with Gasteiger partial charge < -0.3 is 0 Å². The van der Waals surface area contributed by atoms with E-state index in [1.165, 1.54) is 12.3 Å². The van der Waals surface area contributed by atoms with Crippen molar-refractivity contribution in [1.29, 1.82) is 5.26 Å². The summed E-state index contributed by atoms with van der Waals surface area (Å²) in [4.78, 5) is 3.80. The van der Waals surface area contributed by atoms with Gasteiger partial charge in [0.2, 0.25) is 5.83 Å². The summed E-state index contributed by atoms with van der Waals surface area (Å²) in [5.74, 6) is -0.830. The van der Waals surface area contributed by atoms with Gasteiger partial charge in [-0.1, -0.05) is 6.07 Å². The predicted octanol–water partition coefficient (Wildman–Crippen LogP) is 1.92. The fourth-order valence-corrected chi connectivity index (χ4v) is 0.623. The zero-order valence-corrected chi connectivity index (χ0v) is 5.66. The molecular formula is C8H5FN2. The molecule has 0 bridgehead atoms. The van der Waals surface area contributed by atoms with Crippen LogP contribution in [0.5, 0.6) is 0 Å².